The summed E-state index contributed by atoms with van der Waals surface area (Å²) < 4.78 is 12.6. The minimum atomic E-state index is -0.282. The quantitative estimate of drug-likeness (QED) is 0.573. The highest BCUT2D eigenvalue weighted by Gasteiger charge is 2.06. The topological polar surface area (TPSA) is 85.4 Å². The zero-order chi connectivity index (χ0) is 20.6. The SMILES string of the molecule is CCOc1ccc(/C=C/C(=O)Nc2cccc(-n3cc[nH]c3=O)c2)cc1OCC. The van der Waals surface area contributed by atoms with E-state index < -0.39 is 0 Å². The number of imidazole rings is 1. The fraction of sp³-hybridized carbons (Fsp3) is 0.182. The second kappa shape index (κ2) is 9.45. The molecule has 0 spiro atoms. The zero-order valence-electron chi connectivity index (χ0n) is 16.3. The lowest BCUT2D eigenvalue weighted by Crippen LogP contribution is -2.14. The Morgan fingerprint density at radius 1 is 1.10 bits per heavy atom. The number of carbonyl (C=O) groups excluding carboxylic acids is 1. The smallest absolute Gasteiger partial charge is 0.330 e. The standard InChI is InChI=1S/C22H23N3O4/c1-3-28-19-10-8-16(14-20(19)29-4-2)9-11-21(26)24-17-6-5-7-18(15-17)25-13-12-23-22(25)27/h5-15H,3-4H2,1-2H3,(H,23,27)(H,24,26)/b11-9+. The number of carbonyl (C=O) groups is 1. The van der Waals surface area contributed by atoms with Crippen LogP contribution in [0.25, 0.3) is 11.8 Å². The molecule has 0 aliphatic heterocycles. The lowest BCUT2D eigenvalue weighted by molar-refractivity contribution is -0.111. The number of rotatable bonds is 8. The summed E-state index contributed by atoms with van der Waals surface area (Å²) in [6.07, 6.45) is 6.34. The van der Waals surface area contributed by atoms with Gasteiger partial charge in [0.2, 0.25) is 5.91 Å². The van der Waals surface area contributed by atoms with Crippen LogP contribution in [0.1, 0.15) is 19.4 Å². The van der Waals surface area contributed by atoms with Crippen LogP contribution in [0, 0.1) is 0 Å². The number of hydrogen-bond acceptors (Lipinski definition) is 4. The van der Waals surface area contributed by atoms with Gasteiger partial charge in [-0.3, -0.25) is 9.36 Å². The number of aromatic amines is 1. The van der Waals surface area contributed by atoms with Gasteiger partial charge < -0.3 is 19.8 Å². The molecule has 0 aliphatic carbocycles. The molecule has 0 aliphatic rings. The third-order valence-corrected chi connectivity index (χ3v) is 4.04. The number of hydrogen-bond donors (Lipinski definition) is 2. The molecule has 3 aromatic rings. The van der Waals surface area contributed by atoms with Crippen LogP contribution in [0.5, 0.6) is 11.5 Å². The largest absolute Gasteiger partial charge is 0.490 e. The van der Waals surface area contributed by atoms with E-state index in [1.54, 1.807) is 42.7 Å². The minimum absolute atomic E-state index is 0.242. The Bertz CT molecular complexity index is 1070. The van der Waals surface area contributed by atoms with E-state index in [1.165, 1.54) is 10.6 Å². The van der Waals surface area contributed by atoms with E-state index in [9.17, 15) is 9.59 Å². The molecule has 150 valence electrons. The Labute approximate surface area is 168 Å². The second-order valence-electron chi connectivity index (χ2n) is 6.08. The van der Waals surface area contributed by atoms with Gasteiger partial charge in [-0.2, -0.15) is 0 Å². The van der Waals surface area contributed by atoms with Crippen molar-refractivity contribution in [3.8, 4) is 17.2 Å². The van der Waals surface area contributed by atoms with E-state index in [2.05, 4.69) is 10.3 Å². The first kappa shape index (κ1) is 20.0. The summed E-state index contributed by atoms with van der Waals surface area (Å²) in [6, 6.07) is 12.6. The zero-order valence-corrected chi connectivity index (χ0v) is 16.3. The molecule has 0 saturated carbocycles. The average molecular weight is 393 g/mol. The fourth-order valence-electron chi connectivity index (χ4n) is 2.78. The number of benzene rings is 2. The van der Waals surface area contributed by atoms with E-state index in [0.29, 0.717) is 36.1 Å². The van der Waals surface area contributed by atoms with Crippen LogP contribution in [0.3, 0.4) is 0 Å². The van der Waals surface area contributed by atoms with E-state index >= 15 is 0 Å². The predicted octanol–water partition coefficient (Wildman–Crippen LogP) is 3.61. The van der Waals surface area contributed by atoms with Crippen molar-refractivity contribution in [1.29, 1.82) is 0 Å². The van der Waals surface area contributed by atoms with Crippen molar-refractivity contribution in [2.45, 2.75) is 13.8 Å². The first-order chi connectivity index (χ1) is 14.1. The number of amides is 1. The van der Waals surface area contributed by atoms with Crippen molar-refractivity contribution < 1.29 is 14.3 Å². The highest BCUT2D eigenvalue weighted by molar-refractivity contribution is 6.02. The van der Waals surface area contributed by atoms with Crippen LogP contribution < -0.4 is 20.5 Å². The number of aromatic nitrogens is 2. The molecule has 0 atom stereocenters. The lowest BCUT2D eigenvalue weighted by atomic mass is 10.2. The number of anilines is 1. The van der Waals surface area contributed by atoms with Gasteiger partial charge >= 0.3 is 5.69 Å². The highest BCUT2D eigenvalue weighted by Crippen LogP contribution is 2.29. The first-order valence-corrected chi connectivity index (χ1v) is 9.36. The van der Waals surface area contributed by atoms with E-state index in [4.69, 9.17) is 9.47 Å². The summed E-state index contributed by atoms with van der Waals surface area (Å²) >= 11 is 0. The van der Waals surface area contributed by atoms with Crippen molar-refractivity contribution in [2.24, 2.45) is 0 Å². The van der Waals surface area contributed by atoms with E-state index in [-0.39, 0.29) is 11.6 Å². The molecule has 1 amide bonds. The number of nitrogens with one attached hydrogen (secondary N) is 2. The normalized spacial score (nSPS) is 10.8. The molecule has 0 saturated heterocycles. The molecule has 2 aromatic carbocycles. The minimum Gasteiger partial charge on any atom is -0.490 e. The first-order valence-electron chi connectivity index (χ1n) is 9.36. The Morgan fingerprint density at radius 3 is 2.62 bits per heavy atom. The lowest BCUT2D eigenvalue weighted by Gasteiger charge is -2.11. The number of ether oxygens (including phenoxy) is 2. The molecule has 3 rings (SSSR count). The van der Waals surface area contributed by atoms with E-state index in [0.717, 1.165) is 5.56 Å². The van der Waals surface area contributed by atoms with Gasteiger partial charge in [-0.15, -0.1) is 0 Å². The van der Waals surface area contributed by atoms with Gasteiger partial charge in [0, 0.05) is 24.2 Å². The highest BCUT2D eigenvalue weighted by atomic mass is 16.5. The summed E-state index contributed by atoms with van der Waals surface area (Å²) in [5, 5.41) is 2.80. The number of H-pyrrole nitrogens is 1. The summed E-state index contributed by atoms with van der Waals surface area (Å²) in [6.45, 7) is 4.89. The number of nitrogens with zero attached hydrogens (tertiary/aromatic N) is 1. The molecular weight excluding hydrogens is 370 g/mol. The van der Waals surface area contributed by atoms with Gasteiger partial charge in [-0.1, -0.05) is 12.1 Å². The maximum Gasteiger partial charge on any atom is 0.330 e. The van der Waals surface area contributed by atoms with E-state index in [1.807, 2.05) is 32.0 Å². The van der Waals surface area contributed by atoms with Gasteiger partial charge in [0.15, 0.2) is 11.5 Å². The van der Waals surface area contributed by atoms with Crippen LogP contribution >= 0.6 is 0 Å². The molecule has 2 N–H and O–H groups in total. The molecule has 7 nitrogen and oxygen atoms in total. The van der Waals surface area contributed by atoms with Crippen molar-refractivity contribution in [3.63, 3.8) is 0 Å². The molecule has 0 bridgehead atoms. The summed E-state index contributed by atoms with van der Waals surface area (Å²) in [5.74, 6) is 1.03. The maximum atomic E-state index is 12.3. The fourth-order valence-corrected chi connectivity index (χ4v) is 2.78. The summed E-state index contributed by atoms with van der Waals surface area (Å²) in [4.78, 5) is 26.6. The second-order valence-corrected chi connectivity index (χ2v) is 6.08. The Morgan fingerprint density at radius 2 is 1.90 bits per heavy atom. The summed E-state index contributed by atoms with van der Waals surface area (Å²) in [7, 11) is 0. The Kier molecular flexibility index (Phi) is 6.52. The molecule has 1 heterocycles. The van der Waals surface area contributed by atoms with Crippen molar-refractivity contribution >= 4 is 17.7 Å². The van der Waals surface area contributed by atoms with Crippen LogP contribution in [0.15, 0.2) is 65.7 Å². The molecule has 7 heteroatoms. The average Bonchev–Trinajstić information content (AvgIpc) is 3.14. The molecule has 0 radical (unpaired) electrons. The maximum absolute atomic E-state index is 12.3. The van der Waals surface area contributed by atoms with Crippen LogP contribution in [0.2, 0.25) is 0 Å². The van der Waals surface area contributed by atoms with Gasteiger partial charge in [-0.05, 0) is 55.8 Å². The molecule has 0 unspecified atom stereocenters. The molecule has 1 aromatic heterocycles. The van der Waals surface area contributed by atoms with Crippen LogP contribution in [-0.4, -0.2) is 28.7 Å². The monoisotopic (exact) mass is 393 g/mol. The molecule has 29 heavy (non-hydrogen) atoms. The Hall–Kier alpha value is -3.74. The third-order valence-electron chi connectivity index (χ3n) is 4.04. The summed E-state index contributed by atoms with van der Waals surface area (Å²) in [5.41, 5.74) is 1.83. The van der Waals surface area contributed by atoms with Crippen LogP contribution in [0.4, 0.5) is 5.69 Å². The predicted molar refractivity (Wildman–Crippen MR) is 113 cm³/mol. The van der Waals surface area contributed by atoms with Gasteiger partial charge in [0.1, 0.15) is 0 Å². The van der Waals surface area contributed by atoms with Gasteiger partial charge in [-0.25, -0.2) is 4.79 Å². The third kappa shape index (κ3) is 5.16. The molecule has 0 fully saturated rings. The van der Waals surface area contributed by atoms with Crippen LogP contribution in [-0.2, 0) is 4.79 Å². The van der Waals surface area contributed by atoms with Crippen molar-refractivity contribution in [1.82, 2.24) is 9.55 Å². The Balaban J connectivity index is 1.71. The van der Waals surface area contributed by atoms with Crippen molar-refractivity contribution in [2.75, 3.05) is 18.5 Å². The van der Waals surface area contributed by atoms with Gasteiger partial charge in [0.05, 0.1) is 18.9 Å². The molecular formula is C22H23N3O4. The van der Waals surface area contributed by atoms with Gasteiger partial charge in [0.25, 0.3) is 0 Å². The van der Waals surface area contributed by atoms with Crippen molar-refractivity contribution in [3.05, 3.63) is 77.0 Å².